The van der Waals surface area contributed by atoms with Gasteiger partial charge in [-0.2, -0.15) is 0 Å². The predicted molar refractivity (Wildman–Crippen MR) is 111 cm³/mol. The van der Waals surface area contributed by atoms with E-state index >= 15 is 0 Å². The van der Waals surface area contributed by atoms with Crippen molar-refractivity contribution >= 4 is 29.1 Å². The first-order valence-electron chi connectivity index (χ1n) is 9.25. The van der Waals surface area contributed by atoms with Gasteiger partial charge in [-0.25, -0.2) is 0 Å². The van der Waals surface area contributed by atoms with Crippen molar-refractivity contribution in [1.82, 2.24) is 10.6 Å². The van der Waals surface area contributed by atoms with E-state index in [2.05, 4.69) is 21.3 Å². The van der Waals surface area contributed by atoms with E-state index in [1.807, 2.05) is 26.8 Å². The van der Waals surface area contributed by atoms with Crippen LogP contribution in [-0.4, -0.2) is 37.4 Å². The first-order valence-corrected chi connectivity index (χ1v) is 9.25. The fraction of sp³-hybridized carbons (Fsp3) is 0.286. The van der Waals surface area contributed by atoms with Crippen LogP contribution >= 0.6 is 0 Å². The highest BCUT2D eigenvalue weighted by Gasteiger charge is 2.10. The third kappa shape index (κ3) is 5.84. The Morgan fingerprint density at radius 1 is 0.857 bits per heavy atom. The van der Waals surface area contributed by atoms with E-state index < -0.39 is 0 Å². The van der Waals surface area contributed by atoms with Crippen LogP contribution in [0.25, 0.3) is 0 Å². The lowest BCUT2D eigenvalue weighted by Crippen LogP contribution is -2.25. The Morgan fingerprint density at radius 3 is 2.14 bits per heavy atom. The SMILES string of the molecule is CCNC(=O)c1cccc(NC(=O)CNc2cc(C(=O)NCC)ccc2C)c1. The number of hydrogen-bond acceptors (Lipinski definition) is 4. The van der Waals surface area contributed by atoms with Gasteiger partial charge in [0, 0.05) is 35.6 Å². The molecule has 0 saturated heterocycles. The number of rotatable bonds is 8. The maximum atomic E-state index is 12.3. The van der Waals surface area contributed by atoms with E-state index in [0.717, 1.165) is 11.3 Å². The van der Waals surface area contributed by atoms with Gasteiger partial charge in [-0.15, -0.1) is 0 Å². The molecule has 0 aliphatic heterocycles. The first-order chi connectivity index (χ1) is 13.4. The zero-order chi connectivity index (χ0) is 20.5. The Morgan fingerprint density at radius 2 is 1.50 bits per heavy atom. The van der Waals surface area contributed by atoms with E-state index in [9.17, 15) is 14.4 Å². The van der Waals surface area contributed by atoms with E-state index in [4.69, 9.17) is 0 Å². The van der Waals surface area contributed by atoms with Gasteiger partial charge in [0.05, 0.1) is 6.54 Å². The topological polar surface area (TPSA) is 99.3 Å². The second kappa shape index (κ2) is 10.1. The zero-order valence-electron chi connectivity index (χ0n) is 16.4. The Balaban J connectivity index is 1.99. The van der Waals surface area contributed by atoms with Crippen LogP contribution in [0.3, 0.4) is 0 Å². The van der Waals surface area contributed by atoms with Gasteiger partial charge in [-0.1, -0.05) is 12.1 Å². The quantitative estimate of drug-likeness (QED) is 0.564. The molecule has 0 saturated carbocycles. The summed E-state index contributed by atoms with van der Waals surface area (Å²) >= 11 is 0. The first kappa shape index (κ1) is 21.0. The molecule has 2 aromatic carbocycles. The van der Waals surface area contributed by atoms with Crippen LogP contribution in [0.2, 0.25) is 0 Å². The smallest absolute Gasteiger partial charge is 0.251 e. The van der Waals surface area contributed by atoms with E-state index in [1.54, 1.807) is 36.4 Å². The van der Waals surface area contributed by atoms with Gasteiger partial charge < -0.3 is 21.3 Å². The molecule has 0 heterocycles. The summed E-state index contributed by atoms with van der Waals surface area (Å²) in [4.78, 5) is 36.1. The van der Waals surface area contributed by atoms with Gasteiger partial charge in [0.2, 0.25) is 5.91 Å². The number of hydrogen-bond donors (Lipinski definition) is 4. The van der Waals surface area contributed by atoms with Gasteiger partial charge in [-0.05, 0) is 56.7 Å². The van der Waals surface area contributed by atoms with Crippen molar-refractivity contribution in [2.45, 2.75) is 20.8 Å². The number of carbonyl (C=O) groups excluding carboxylic acids is 3. The third-order valence-corrected chi connectivity index (χ3v) is 4.02. The van der Waals surface area contributed by atoms with Crippen LogP contribution in [0.5, 0.6) is 0 Å². The lowest BCUT2D eigenvalue weighted by atomic mass is 10.1. The van der Waals surface area contributed by atoms with Crippen LogP contribution in [0.15, 0.2) is 42.5 Å². The van der Waals surface area contributed by atoms with Crippen molar-refractivity contribution in [2.24, 2.45) is 0 Å². The van der Waals surface area contributed by atoms with Crippen LogP contribution in [0.1, 0.15) is 40.1 Å². The van der Waals surface area contributed by atoms with Crippen molar-refractivity contribution in [3.8, 4) is 0 Å². The third-order valence-electron chi connectivity index (χ3n) is 4.02. The summed E-state index contributed by atoms with van der Waals surface area (Å²) < 4.78 is 0. The maximum absolute atomic E-state index is 12.3. The van der Waals surface area contributed by atoms with Crippen LogP contribution in [0, 0.1) is 6.92 Å². The highest BCUT2D eigenvalue weighted by atomic mass is 16.2. The summed E-state index contributed by atoms with van der Waals surface area (Å²) in [7, 11) is 0. The maximum Gasteiger partial charge on any atom is 0.251 e. The molecule has 0 aromatic heterocycles. The van der Waals surface area contributed by atoms with Crippen LogP contribution < -0.4 is 21.3 Å². The molecule has 0 spiro atoms. The molecular weight excluding hydrogens is 356 g/mol. The summed E-state index contributed by atoms with van der Waals surface area (Å²) in [5.74, 6) is -0.595. The van der Waals surface area contributed by atoms with Crippen molar-refractivity contribution in [2.75, 3.05) is 30.3 Å². The zero-order valence-corrected chi connectivity index (χ0v) is 16.4. The molecule has 7 heteroatoms. The average Bonchev–Trinajstić information content (AvgIpc) is 2.68. The molecule has 4 N–H and O–H groups in total. The fourth-order valence-electron chi connectivity index (χ4n) is 2.60. The van der Waals surface area contributed by atoms with E-state index in [0.29, 0.717) is 29.9 Å². The van der Waals surface area contributed by atoms with Gasteiger partial charge in [0.1, 0.15) is 0 Å². The number of nitrogens with one attached hydrogen (secondary N) is 4. The second-order valence-electron chi connectivity index (χ2n) is 6.23. The van der Waals surface area contributed by atoms with E-state index in [-0.39, 0.29) is 24.3 Å². The number of anilines is 2. The predicted octanol–water partition coefficient (Wildman–Crippen LogP) is 2.55. The summed E-state index contributed by atoms with van der Waals surface area (Å²) in [6.45, 7) is 6.72. The summed E-state index contributed by atoms with van der Waals surface area (Å²) in [6.07, 6.45) is 0. The number of aryl methyl sites for hydroxylation is 1. The highest BCUT2D eigenvalue weighted by Crippen LogP contribution is 2.17. The van der Waals surface area contributed by atoms with Crippen molar-refractivity contribution in [3.05, 3.63) is 59.2 Å². The fourth-order valence-corrected chi connectivity index (χ4v) is 2.60. The van der Waals surface area contributed by atoms with Gasteiger partial charge in [-0.3, -0.25) is 14.4 Å². The minimum absolute atomic E-state index is 0.0328. The molecule has 0 aliphatic carbocycles. The Bertz CT molecular complexity index is 864. The van der Waals surface area contributed by atoms with E-state index in [1.165, 1.54) is 0 Å². The molecule has 0 unspecified atom stereocenters. The van der Waals surface area contributed by atoms with Gasteiger partial charge in [0.25, 0.3) is 11.8 Å². The largest absolute Gasteiger partial charge is 0.376 e. The molecule has 0 atom stereocenters. The average molecular weight is 382 g/mol. The summed E-state index contributed by atoms with van der Waals surface area (Å²) in [5, 5.41) is 11.3. The number of carbonyl (C=O) groups is 3. The Hall–Kier alpha value is -3.35. The van der Waals surface area contributed by atoms with Crippen molar-refractivity contribution in [1.29, 1.82) is 0 Å². The molecule has 0 radical (unpaired) electrons. The van der Waals surface area contributed by atoms with Crippen molar-refractivity contribution in [3.63, 3.8) is 0 Å². The molecule has 3 amide bonds. The standard InChI is InChI=1S/C21H26N4O3/c1-4-22-20(27)15-7-6-8-17(11-15)25-19(26)13-24-18-12-16(10-9-14(18)3)21(28)23-5-2/h6-12,24H,4-5,13H2,1-3H3,(H,22,27)(H,23,28)(H,25,26). The Kier molecular flexibility index (Phi) is 7.56. The molecule has 2 rings (SSSR count). The minimum atomic E-state index is -0.254. The Labute approximate surface area is 164 Å². The molecule has 2 aromatic rings. The lowest BCUT2D eigenvalue weighted by Gasteiger charge is -2.12. The van der Waals surface area contributed by atoms with Crippen LogP contribution in [-0.2, 0) is 4.79 Å². The highest BCUT2D eigenvalue weighted by molar-refractivity contribution is 5.98. The van der Waals surface area contributed by atoms with Gasteiger partial charge in [0.15, 0.2) is 0 Å². The molecule has 148 valence electrons. The molecule has 0 bridgehead atoms. The monoisotopic (exact) mass is 382 g/mol. The summed E-state index contributed by atoms with van der Waals surface area (Å²) in [6, 6.07) is 12.1. The number of amides is 3. The summed E-state index contributed by atoms with van der Waals surface area (Å²) in [5.41, 5.74) is 3.21. The van der Waals surface area contributed by atoms with Crippen molar-refractivity contribution < 1.29 is 14.4 Å². The molecule has 0 fully saturated rings. The molecule has 0 aliphatic rings. The minimum Gasteiger partial charge on any atom is -0.376 e. The molecular formula is C21H26N4O3. The number of benzene rings is 2. The molecule has 28 heavy (non-hydrogen) atoms. The second-order valence-corrected chi connectivity index (χ2v) is 6.23. The molecule has 7 nitrogen and oxygen atoms in total. The lowest BCUT2D eigenvalue weighted by molar-refractivity contribution is -0.114. The van der Waals surface area contributed by atoms with Gasteiger partial charge >= 0.3 is 0 Å². The van der Waals surface area contributed by atoms with Crippen LogP contribution in [0.4, 0.5) is 11.4 Å². The normalized spacial score (nSPS) is 10.1.